The molecule has 0 radical (unpaired) electrons. The molecule has 0 aliphatic heterocycles. The molecule has 72 valence electrons. The van der Waals surface area contributed by atoms with Gasteiger partial charge >= 0.3 is 0 Å². The lowest BCUT2D eigenvalue weighted by molar-refractivity contribution is 0.423. The highest BCUT2D eigenvalue weighted by Crippen LogP contribution is 2.03. The van der Waals surface area contributed by atoms with E-state index in [2.05, 4.69) is 31.1 Å². The summed E-state index contributed by atoms with van der Waals surface area (Å²) in [6.45, 7) is 6.98. The zero-order chi connectivity index (χ0) is 9.90. The smallest absolute Gasteiger partial charge is 0.212 e. The maximum absolute atomic E-state index is 12.4. The van der Waals surface area contributed by atoms with E-state index in [0.717, 1.165) is 12.1 Å². The third-order valence-electron chi connectivity index (χ3n) is 1.61. The molecule has 0 atom stereocenters. The topological polar surface area (TPSA) is 24.9 Å². The molecule has 0 unspecified atom stereocenters. The number of pyridine rings is 1. The van der Waals surface area contributed by atoms with Crippen molar-refractivity contribution in [2.45, 2.75) is 32.9 Å². The molecule has 0 saturated heterocycles. The summed E-state index contributed by atoms with van der Waals surface area (Å²) < 4.78 is 12.4. The van der Waals surface area contributed by atoms with E-state index in [9.17, 15) is 4.39 Å². The van der Waals surface area contributed by atoms with E-state index in [1.54, 1.807) is 12.3 Å². The van der Waals surface area contributed by atoms with Gasteiger partial charge in [-0.15, -0.1) is 0 Å². The number of aromatic nitrogens is 1. The molecular weight excluding hydrogens is 167 g/mol. The molecule has 1 heterocycles. The lowest BCUT2D eigenvalue weighted by atomic mass is 10.1. The summed E-state index contributed by atoms with van der Waals surface area (Å²) >= 11 is 0. The lowest BCUT2D eigenvalue weighted by Gasteiger charge is -2.20. The number of nitrogens with zero attached hydrogens (tertiary/aromatic N) is 1. The number of hydrogen-bond donors (Lipinski definition) is 1. The fourth-order valence-corrected chi connectivity index (χ4v) is 0.878. The average Bonchev–Trinajstić information content (AvgIpc) is 2.02. The Hall–Kier alpha value is -0.960. The lowest BCUT2D eigenvalue weighted by Crippen LogP contribution is -2.35. The normalized spacial score (nSPS) is 11.7. The summed E-state index contributed by atoms with van der Waals surface area (Å²) in [6.07, 6.45) is 1.55. The number of halogens is 1. The summed E-state index contributed by atoms with van der Waals surface area (Å²) in [7, 11) is 0. The van der Waals surface area contributed by atoms with Gasteiger partial charge in [0.1, 0.15) is 0 Å². The van der Waals surface area contributed by atoms with Crippen molar-refractivity contribution in [1.29, 1.82) is 0 Å². The fraction of sp³-hybridized carbons (Fsp3) is 0.500. The molecule has 2 nitrogen and oxygen atoms in total. The summed E-state index contributed by atoms with van der Waals surface area (Å²) in [5, 5.41) is 3.30. The van der Waals surface area contributed by atoms with E-state index < -0.39 is 5.95 Å². The molecule has 0 amide bonds. The highest BCUT2D eigenvalue weighted by atomic mass is 19.1. The zero-order valence-electron chi connectivity index (χ0n) is 8.26. The molecule has 1 aromatic rings. The van der Waals surface area contributed by atoms with Crippen molar-refractivity contribution >= 4 is 0 Å². The van der Waals surface area contributed by atoms with Gasteiger partial charge in [-0.1, -0.05) is 6.07 Å². The largest absolute Gasteiger partial charge is 0.308 e. The summed E-state index contributed by atoms with van der Waals surface area (Å²) in [5.41, 5.74) is 1.07. The standard InChI is InChI=1S/C10H15FN2/c1-10(2,3)13-7-8-4-5-9(11)12-6-8/h4-6,13H,7H2,1-3H3. The summed E-state index contributed by atoms with van der Waals surface area (Å²) in [6, 6.07) is 3.11. The first-order valence-electron chi connectivity index (χ1n) is 4.33. The van der Waals surface area contributed by atoms with Crippen LogP contribution in [0.4, 0.5) is 4.39 Å². The van der Waals surface area contributed by atoms with Crippen molar-refractivity contribution in [2.24, 2.45) is 0 Å². The van der Waals surface area contributed by atoms with Crippen molar-refractivity contribution in [3.05, 3.63) is 29.8 Å². The third kappa shape index (κ3) is 3.99. The van der Waals surface area contributed by atoms with Crippen LogP contribution in [0.1, 0.15) is 26.3 Å². The maximum Gasteiger partial charge on any atom is 0.212 e. The van der Waals surface area contributed by atoms with E-state index in [1.165, 1.54) is 6.07 Å². The van der Waals surface area contributed by atoms with E-state index in [1.807, 2.05) is 0 Å². The Morgan fingerprint density at radius 3 is 2.54 bits per heavy atom. The Kier molecular flexibility index (Phi) is 2.98. The van der Waals surface area contributed by atoms with Crippen molar-refractivity contribution in [2.75, 3.05) is 0 Å². The molecule has 1 rings (SSSR count). The van der Waals surface area contributed by atoms with Gasteiger partial charge in [0.15, 0.2) is 0 Å². The minimum Gasteiger partial charge on any atom is -0.308 e. The van der Waals surface area contributed by atoms with Crippen LogP contribution in [0.3, 0.4) is 0 Å². The van der Waals surface area contributed by atoms with E-state index in [0.29, 0.717) is 0 Å². The second-order valence-electron chi connectivity index (χ2n) is 4.09. The van der Waals surface area contributed by atoms with E-state index >= 15 is 0 Å². The molecule has 3 heteroatoms. The van der Waals surface area contributed by atoms with Crippen LogP contribution in [-0.4, -0.2) is 10.5 Å². The molecule has 0 fully saturated rings. The monoisotopic (exact) mass is 182 g/mol. The molecule has 0 bridgehead atoms. The molecule has 0 aliphatic carbocycles. The maximum atomic E-state index is 12.4. The van der Waals surface area contributed by atoms with Gasteiger partial charge in [0.25, 0.3) is 0 Å². The molecular formula is C10H15FN2. The predicted molar refractivity (Wildman–Crippen MR) is 50.8 cm³/mol. The average molecular weight is 182 g/mol. The second kappa shape index (κ2) is 3.83. The molecule has 0 spiro atoms. The first-order valence-corrected chi connectivity index (χ1v) is 4.33. The Labute approximate surface area is 78.2 Å². The van der Waals surface area contributed by atoms with Crippen LogP contribution in [-0.2, 0) is 6.54 Å². The molecule has 13 heavy (non-hydrogen) atoms. The first kappa shape index (κ1) is 10.1. The van der Waals surface area contributed by atoms with Crippen LogP contribution in [0.25, 0.3) is 0 Å². The van der Waals surface area contributed by atoms with Crippen molar-refractivity contribution in [3.8, 4) is 0 Å². The van der Waals surface area contributed by atoms with Crippen LogP contribution in [0.5, 0.6) is 0 Å². The van der Waals surface area contributed by atoms with Crippen molar-refractivity contribution < 1.29 is 4.39 Å². The quantitative estimate of drug-likeness (QED) is 0.708. The highest BCUT2D eigenvalue weighted by Gasteiger charge is 2.07. The van der Waals surface area contributed by atoms with Gasteiger partial charge in [0.2, 0.25) is 5.95 Å². The van der Waals surface area contributed by atoms with Gasteiger partial charge in [-0.05, 0) is 32.4 Å². The van der Waals surface area contributed by atoms with Crippen LogP contribution < -0.4 is 5.32 Å². The third-order valence-corrected chi connectivity index (χ3v) is 1.61. The van der Waals surface area contributed by atoms with E-state index in [-0.39, 0.29) is 5.54 Å². The summed E-state index contributed by atoms with van der Waals surface area (Å²) in [5.74, 6) is -0.431. The highest BCUT2D eigenvalue weighted by molar-refractivity contribution is 5.09. The minimum absolute atomic E-state index is 0.0778. The van der Waals surface area contributed by atoms with Crippen LogP contribution in [0.2, 0.25) is 0 Å². The molecule has 1 aromatic heterocycles. The van der Waals surface area contributed by atoms with Gasteiger partial charge in [-0.25, -0.2) is 4.98 Å². The van der Waals surface area contributed by atoms with Crippen LogP contribution in [0, 0.1) is 5.95 Å². The SMILES string of the molecule is CC(C)(C)NCc1ccc(F)nc1. The van der Waals surface area contributed by atoms with Crippen LogP contribution in [0.15, 0.2) is 18.3 Å². The van der Waals surface area contributed by atoms with Crippen LogP contribution >= 0.6 is 0 Å². The van der Waals surface area contributed by atoms with Crippen molar-refractivity contribution in [1.82, 2.24) is 10.3 Å². The second-order valence-corrected chi connectivity index (χ2v) is 4.09. The Bertz CT molecular complexity index is 261. The first-order chi connectivity index (χ1) is 5.97. The number of hydrogen-bond acceptors (Lipinski definition) is 2. The van der Waals surface area contributed by atoms with Gasteiger partial charge in [0.05, 0.1) is 0 Å². The number of rotatable bonds is 2. The zero-order valence-corrected chi connectivity index (χ0v) is 8.26. The van der Waals surface area contributed by atoms with Gasteiger partial charge in [-0.2, -0.15) is 4.39 Å². The van der Waals surface area contributed by atoms with Gasteiger partial charge < -0.3 is 5.32 Å². The van der Waals surface area contributed by atoms with Gasteiger partial charge in [0, 0.05) is 18.3 Å². The number of nitrogens with one attached hydrogen (secondary N) is 1. The molecule has 1 N–H and O–H groups in total. The Morgan fingerprint density at radius 2 is 2.08 bits per heavy atom. The molecule has 0 saturated carbocycles. The molecule has 0 aromatic carbocycles. The van der Waals surface area contributed by atoms with Gasteiger partial charge in [-0.3, -0.25) is 0 Å². The fourth-order valence-electron chi connectivity index (χ4n) is 0.878. The van der Waals surface area contributed by atoms with E-state index in [4.69, 9.17) is 0 Å². The Morgan fingerprint density at radius 1 is 1.38 bits per heavy atom. The Balaban J connectivity index is 2.51. The van der Waals surface area contributed by atoms with Crippen molar-refractivity contribution in [3.63, 3.8) is 0 Å². The summed E-state index contributed by atoms with van der Waals surface area (Å²) in [4.78, 5) is 3.57. The molecule has 0 aliphatic rings. The predicted octanol–water partition coefficient (Wildman–Crippen LogP) is 2.11. The minimum atomic E-state index is -0.431.